The zero-order valence-electron chi connectivity index (χ0n) is 22.2. The van der Waals surface area contributed by atoms with Gasteiger partial charge < -0.3 is 4.57 Å². The normalized spacial score (nSPS) is 15.8. The number of hydrogen-bond acceptors (Lipinski definition) is 0. The van der Waals surface area contributed by atoms with E-state index in [0.717, 1.165) is 43.9 Å². The van der Waals surface area contributed by atoms with E-state index in [-0.39, 0.29) is 11.1 Å². The summed E-state index contributed by atoms with van der Waals surface area (Å²) in [5.41, 5.74) is 4.74. The largest absolute Gasteiger partial charge is 0.343 e. The van der Waals surface area contributed by atoms with Gasteiger partial charge in [-0.2, -0.15) is 0 Å². The van der Waals surface area contributed by atoms with Gasteiger partial charge >= 0.3 is 0 Å². The summed E-state index contributed by atoms with van der Waals surface area (Å²) in [6.07, 6.45) is 1.68. The van der Waals surface area contributed by atoms with Crippen LogP contribution in [0, 0.1) is 20.6 Å². The van der Waals surface area contributed by atoms with E-state index < -0.39 is 13.7 Å². The first-order chi connectivity index (χ1) is 15.9. The molecule has 0 N–H and O–H groups in total. The van der Waals surface area contributed by atoms with Crippen LogP contribution in [0.2, 0.25) is 0 Å². The molecular weight excluding hydrogens is 340 g/mol. The van der Waals surface area contributed by atoms with Crippen molar-refractivity contribution in [2.75, 3.05) is 0 Å². The molecule has 2 aromatic heterocycles. The maximum absolute atomic E-state index is 8.22. The number of rotatable bonds is 1. The highest BCUT2D eigenvalue weighted by molar-refractivity contribution is 6.17. The molecule has 0 atom stereocenters. The molecule has 5 aromatic rings. The van der Waals surface area contributed by atoms with Crippen molar-refractivity contribution in [2.45, 2.75) is 20.6 Å². The van der Waals surface area contributed by atoms with Gasteiger partial charge in [-0.1, -0.05) is 42.0 Å². The van der Waals surface area contributed by atoms with E-state index in [0.29, 0.717) is 5.52 Å². The Hall–Kier alpha value is -3.13. The van der Waals surface area contributed by atoms with Crippen molar-refractivity contribution in [3.63, 3.8) is 0 Å². The highest BCUT2D eigenvalue weighted by Crippen LogP contribution is 2.38. The maximum atomic E-state index is 8.22. The van der Waals surface area contributed by atoms with Crippen molar-refractivity contribution >= 4 is 32.6 Å². The summed E-state index contributed by atoms with van der Waals surface area (Å²) < 4.78 is 51.8. The predicted octanol–water partition coefficient (Wildman–Crippen LogP) is 5.90. The van der Waals surface area contributed by atoms with Gasteiger partial charge in [-0.3, -0.25) is 0 Å². The van der Waals surface area contributed by atoms with Crippen LogP contribution in [0.3, 0.4) is 0 Å². The van der Waals surface area contributed by atoms with Gasteiger partial charge in [0.25, 0.3) is 0 Å². The highest BCUT2D eigenvalue weighted by Gasteiger charge is 2.24. The van der Waals surface area contributed by atoms with Crippen LogP contribution in [0.1, 0.15) is 24.9 Å². The molecule has 0 aliphatic carbocycles. The fourth-order valence-corrected chi connectivity index (χ4v) is 4.43. The molecule has 3 aromatic carbocycles. The second kappa shape index (κ2) is 5.93. The Morgan fingerprint density at radius 2 is 1.71 bits per heavy atom. The molecule has 0 amide bonds. The molecule has 0 saturated carbocycles. The Morgan fingerprint density at radius 3 is 2.43 bits per heavy atom. The number of hydrogen-bond donors (Lipinski definition) is 0. The second-order valence-electron chi connectivity index (χ2n) is 7.53. The fraction of sp³-hybridized carbons (Fsp3) is 0.192. The van der Waals surface area contributed by atoms with E-state index >= 15 is 0 Å². The van der Waals surface area contributed by atoms with Crippen LogP contribution >= 0.6 is 0 Å². The zero-order valence-corrected chi connectivity index (χ0v) is 16.2. The average Bonchev–Trinajstić information content (AvgIpc) is 3.02. The quantitative estimate of drug-likeness (QED) is 0.324. The van der Waals surface area contributed by atoms with Crippen LogP contribution in [0.4, 0.5) is 0 Å². The topological polar surface area (TPSA) is 8.81 Å². The molecule has 2 nitrogen and oxygen atoms in total. The number of aromatic nitrogens is 2. The molecule has 0 radical (unpaired) electrons. The SMILES string of the molecule is [2H]C([2H])([2H])c1ccc(-c2c3c4cc5ccccc5cc4n(C)c3c(C([2H])([2H])[2H])c[n+]2C)c(C)c1. The molecule has 2 heteroatoms. The molecule has 0 fully saturated rings. The third kappa shape index (κ3) is 2.31. The van der Waals surface area contributed by atoms with Gasteiger partial charge in [0.1, 0.15) is 7.05 Å². The zero-order chi connectivity index (χ0) is 24.6. The Labute approximate surface area is 174 Å². The Morgan fingerprint density at radius 1 is 0.929 bits per heavy atom. The summed E-state index contributed by atoms with van der Waals surface area (Å²) in [7, 11) is 3.75. The molecule has 0 aliphatic heterocycles. The third-order valence-corrected chi connectivity index (χ3v) is 5.72. The summed E-state index contributed by atoms with van der Waals surface area (Å²) in [6.45, 7) is -2.59. The molecule has 0 aliphatic rings. The summed E-state index contributed by atoms with van der Waals surface area (Å²) in [4.78, 5) is 0. The Kier molecular flexibility index (Phi) is 2.47. The minimum atomic E-state index is -2.30. The summed E-state index contributed by atoms with van der Waals surface area (Å²) in [5, 5.41) is 3.97. The predicted molar refractivity (Wildman–Crippen MR) is 119 cm³/mol. The fourth-order valence-electron chi connectivity index (χ4n) is 4.43. The molecule has 138 valence electrons. The first-order valence-electron chi connectivity index (χ1n) is 12.3. The lowest BCUT2D eigenvalue weighted by Gasteiger charge is -2.09. The standard InChI is InChI=1S/C26H25N2/c1-16-10-11-21(17(2)12-16)26-24-22-13-19-8-6-7-9-20(19)14-23(22)28(5)25(24)18(3)15-27(26)4/h6-15H,1-5H3/q+1/i1D3,3D3. The van der Waals surface area contributed by atoms with Crippen molar-refractivity contribution in [1.29, 1.82) is 0 Å². The maximum Gasteiger partial charge on any atom is 0.222 e. The third-order valence-electron chi connectivity index (χ3n) is 5.72. The minimum Gasteiger partial charge on any atom is -0.343 e. The molecular formula is C26H25N2+. The van der Waals surface area contributed by atoms with Crippen molar-refractivity contribution in [3.05, 3.63) is 77.5 Å². The van der Waals surface area contributed by atoms with Gasteiger partial charge in [-0.15, -0.1) is 0 Å². The number of benzene rings is 3. The van der Waals surface area contributed by atoms with Crippen LogP contribution in [0.5, 0.6) is 0 Å². The van der Waals surface area contributed by atoms with Crippen LogP contribution in [0.25, 0.3) is 43.8 Å². The number of nitrogens with zero attached hydrogens (tertiary/aromatic N) is 2. The average molecular weight is 372 g/mol. The van der Waals surface area contributed by atoms with E-state index in [4.69, 9.17) is 8.22 Å². The van der Waals surface area contributed by atoms with Crippen LogP contribution < -0.4 is 4.57 Å². The van der Waals surface area contributed by atoms with Gasteiger partial charge in [0, 0.05) is 37.3 Å². The smallest absolute Gasteiger partial charge is 0.222 e. The summed E-state index contributed by atoms with van der Waals surface area (Å²) in [5.74, 6) is 0. The molecule has 0 bridgehead atoms. The Bertz CT molecular complexity index is 1610. The lowest BCUT2D eigenvalue weighted by Crippen LogP contribution is -2.31. The van der Waals surface area contributed by atoms with Crippen molar-refractivity contribution in [3.8, 4) is 11.3 Å². The van der Waals surface area contributed by atoms with E-state index in [2.05, 4.69) is 24.3 Å². The van der Waals surface area contributed by atoms with E-state index in [9.17, 15) is 0 Å². The summed E-state index contributed by atoms with van der Waals surface area (Å²) >= 11 is 0. The number of fused-ring (bicyclic) bond motifs is 4. The molecule has 0 spiro atoms. The summed E-state index contributed by atoms with van der Waals surface area (Å²) in [6, 6.07) is 17.5. The first kappa shape index (κ1) is 11.7. The molecule has 2 heterocycles. The van der Waals surface area contributed by atoms with Gasteiger partial charge in [-0.05, 0) is 55.2 Å². The van der Waals surface area contributed by atoms with Crippen molar-refractivity contribution in [1.82, 2.24) is 4.57 Å². The van der Waals surface area contributed by atoms with Gasteiger partial charge in [0.05, 0.1) is 10.9 Å². The number of aryl methyl sites for hydroxylation is 5. The van der Waals surface area contributed by atoms with Crippen LogP contribution in [-0.4, -0.2) is 4.57 Å². The minimum absolute atomic E-state index is 0.285. The van der Waals surface area contributed by atoms with Gasteiger partial charge in [-0.25, -0.2) is 4.57 Å². The van der Waals surface area contributed by atoms with E-state index in [1.54, 1.807) is 18.3 Å². The van der Waals surface area contributed by atoms with Crippen molar-refractivity contribution < 1.29 is 12.8 Å². The molecule has 28 heavy (non-hydrogen) atoms. The monoisotopic (exact) mass is 371 g/mol. The highest BCUT2D eigenvalue weighted by atomic mass is 15.0. The van der Waals surface area contributed by atoms with Gasteiger partial charge in [0.2, 0.25) is 5.69 Å². The van der Waals surface area contributed by atoms with Gasteiger partial charge in [0.15, 0.2) is 6.20 Å². The van der Waals surface area contributed by atoms with E-state index in [1.165, 1.54) is 0 Å². The molecule has 0 unspecified atom stereocenters. The Balaban J connectivity index is 1.98. The first-order valence-corrected chi connectivity index (χ1v) is 9.33. The van der Waals surface area contributed by atoms with Crippen LogP contribution in [0.15, 0.2) is 60.8 Å². The van der Waals surface area contributed by atoms with Crippen LogP contribution in [-0.2, 0) is 14.1 Å². The number of pyridine rings is 1. The lowest BCUT2D eigenvalue weighted by molar-refractivity contribution is -0.659. The molecule has 0 saturated heterocycles. The van der Waals surface area contributed by atoms with E-state index in [1.807, 2.05) is 48.4 Å². The second-order valence-corrected chi connectivity index (χ2v) is 7.53. The van der Waals surface area contributed by atoms with Crippen molar-refractivity contribution in [2.24, 2.45) is 14.1 Å². The molecule has 5 rings (SSSR count). The lowest BCUT2D eigenvalue weighted by atomic mass is 9.97.